The molecule has 0 atom stereocenters. The number of hydrogen-bond acceptors (Lipinski definition) is 7. The zero-order valence-electron chi connectivity index (χ0n) is 16.7. The van der Waals surface area contributed by atoms with Gasteiger partial charge in [-0.2, -0.15) is 4.52 Å². The molecule has 0 saturated carbocycles. The second-order valence-electron chi connectivity index (χ2n) is 7.65. The molecule has 0 amide bonds. The maximum absolute atomic E-state index is 12.6. The van der Waals surface area contributed by atoms with Crippen LogP contribution in [0.15, 0.2) is 53.8 Å². The number of piperidine rings is 1. The summed E-state index contributed by atoms with van der Waals surface area (Å²) < 4.78 is 3.49. The smallest absolute Gasteiger partial charge is 0.253 e. The van der Waals surface area contributed by atoms with Gasteiger partial charge in [0.2, 0.25) is 0 Å². The summed E-state index contributed by atoms with van der Waals surface area (Å²) in [6.45, 7) is 4.39. The molecule has 1 aliphatic heterocycles. The summed E-state index contributed by atoms with van der Waals surface area (Å²) in [6.07, 6.45) is 7.07. The molecule has 9 heteroatoms. The van der Waals surface area contributed by atoms with E-state index in [2.05, 4.69) is 30.2 Å². The number of hydrogen-bond donors (Lipinski definition) is 0. The van der Waals surface area contributed by atoms with Crippen LogP contribution in [-0.4, -0.2) is 47.4 Å². The highest BCUT2D eigenvalue weighted by molar-refractivity contribution is 5.56. The van der Waals surface area contributed by atoms with Crippen molar-refractivity contribution in [3.63, 3.8) is 0 Å². The molecule has 152 valence electrons. The van der Waals surface area contributed by atoms with E-state index in [4.69, 9.17) is 0 Å². The van der Waals surface area contributed by atoms with Crippen LogP contribution >= 0.6 is 0 Å². The molecule has 4 aromatic heterocycles. The van der Waals surface area contributed by atoms with Crippen molar-refractivity contribution in [2.45, 2.75) is 26.3 Å². The number of rotatable bonds is 4. The first kappa shape index (κ1) is 18.4. The van der Waals surface area contributed by atoms with Crippen molar-refractivity contribution in [3.8, 4) is 11.3 Å². The topological polar surface area (TPSA) is 94.1 Å². The Hall–Kier alpha value is -3.62. The Labute approximate surface area is 173 Å². The van der Waals surface area contributed by atoms with Crippen LogP contribution in [-0.2, 0) is 6.54 Å². The molecular formula is C21H22N8O. The van der Waals surface area contributed by atoms with Crippen LogP contribution in [0.1, 0.15) is 18.7 Å². The molecule has 0 spiro atoms. The van der Waals surface area contributed by atoms with E-state index in [9.17, 15) is 4.79 Å². The number of anilines is 1. The van der Waals surface area contributed by atoms with Gasteiger partial charge < -0.3 is 4.90 Å². The van der Waals surface area contributed by atoms with Gasteiger partial charge in [0.15, 0.2) is 11.5 Å². The Morgan fingerprint density at radius 2 is 2.00 bits per heavy atom. The normalized spacial score (nSPS) is 15.0. The minimum absolute atomic E-state index is 0.0264. The molecule has 0 bridgehead atoms. The highest BCUT2D eigenvalue weighted by Gasteiger charge is 2.21. The minimum Gasteiger partial charge on any atom is -0.355 e. The number of nitrogens with zero attached hydrogens (tertiary/aromatic N) is 8. The Kier molecular flexibility index (Phi) is 4.70. The maximum Gasteiger partial charge on any atom is 0.253 e. The lowest BCUT2D eigenvalue weighted by Crippen LogP contribution is -2.37. The van der Waals surface area contributed by atoms with Crippen LogP contribution in [0, 0.1) is 12.8 Å². The van der Waals surface area contributed by atoms with Crippen LogP contribution in [0.4, 0.5) is 5.82 Å². The summed E-state index contributed by atoms with van der Waals surface area (Å²) in [5, 5.41) is 12.8. The van der Waals surface area contributed by atoms with E-state index in [0.717, 1.165) is 48.8 Å². The zero-order valence-corrected chi connectivity index (χ0v) is 16.7. The fourth-order valence-corrected chi connectivity index (χ4v) is 3.91. The van der Waals surface area contributed by atoms with E-state index in [1.54, 1.807) is 33.9 Å². The number of aromatic nitrogens is 7. The molecule has 1 saturated heterocycles. The van der Waals surface area contributed by atoms with Crippen molar-refractivity contribution in [2.24, 2.45) is 5.92 Å². The van der Waals surface area contributed by atoms with E-state index in [0.29, 0.717) is 18.2 Å². The molecule has 5 rings (SSSR count). The van der Waals surface area contributed by atoms with Crippen molar-refractivity contribution >= 4 is 11.5 Å². The first-order valence-electron chi connectivity index (χ1n) is 10.1. The van der Waals surface area contributed by atoms with E-state index < -0.39 is 0 Å². The van der Waals surface area contributed by atoms with Crippen molar-refractivity contribution in [3.05, 3.63) is 65.2 Å². The van der Waals surface area contributed by atoms with Crippen LogP contribution in [0.5, 0.6) is 0 Å². The quantitative estimate of drug-likeness (QED) is 0.515. The van der Waals surface area contributed by atoms with Crippen LogP contribution < -0.4 is 10.5 Å². The van der Waals surface area contributed by atoms with Gasteiger partial charge in [0.25, 0.3) is 5.56 Å². The summed E-state index contributed by atoms with van der Waals surface area (Å²) in [4.78, 5) is 23.4. The highest BCUT2D eigenvalue weighted by atomic mass is 16.1. The van der Waals surface area contributed by atoms with E-state index >= 15 is 0 Å². The molecule has 1 aliphatic rings. The van der Waals surface area contributed by atoms with E-state index in [1.165, 1.54) is 0 Å². The Balaban J connectivity index is 1.25. The van der Waals surface area contributed by atoms with E-state index in [1.807, 2.05) is 31.2 Å². The second-order valence-corrected chi connectivity index (χ2v) is 7.65. The molecule has 4 aromatic rings. The molecule has 0 aromatic carbocycles. The summed E-state index contributed by atoms with van der Waals surface area (Å²) in [7, 11) is 0. The lowest BCUT2D eigenvalue weighted by atomic mass is 9.96. The predicted octanol–water partition coefficient (Wildman–Crippen LogP) is 1.97. The second kappa shape index (κ2) is 7.66. The lowest BCUT2D eigenvalue weighted by molar-refractivity contribution is 0.350. The Morgan fingerprint density at radius 3 is 2.77 bits per heavy atom. The van der Waals surface area contributed by atoms with Gasteiger partial charge in [-0.15, -0.1) is 15.3 Å². The predicted molar refractivity (Wildman–Crippen MR) is 112 cm³/mol. The average Bonchev–Trinajstić information content (AvgIpc) is 3.16. The van der Waals surface area contributed by atoms with Crippen LogP contribution in [0.3, 0.4) is 0 Å². The standard InChI is InChI=1S/C21H22N8O/c1-15-24-25-19-4-5-20(26-29(15)19)27-9-6-16(7-10-27)13-28-14-23-18(11-21(28)30)17-3-2-8-22-12-17/h2-5,8,11-12,14,16H,6-7,9-10,13H2,1H3. The molecule has 0 radical (unpaired) electrons. The highest BCUT2D eigenvalue weighted by Crippen LogP contribution is 2.23. The van der Waals surface area contributed by atoms with Gasteiger partial charge in [0.1, 0.15) is 5.82 Å². The van der Waals surface area contributed by atoms with Crippen molar-refractivity contribution in [2.75, 3.05) is 18.0 Å². The third kappa shape index (κ3) is 3.54. The molecule has 9 nitrogen and oxygen atoms in total. The molecule has 0 N–H and O–H groups in total. The van der Waals surface area contributed by atoms with Crippen molar-refractivity contribution in [1.82, 2.24) is 34.3 Å². The van der Waals surface area contributed by atoms with Gasteiger partial charge in [-0.3, -0.25) is 14.3 Å². The molecular weight excluding hydrogens is 380 g/mol. The monoisotopic (exact) mass is 402 g/mol. The first-order chi connectivity index (χ1) is 14.7. The first-order valence-corrected chi connectivity index (χ1v) is 10.1. The van der Waals surface area contributed by atoms with Gasteiger partial charge in [-0.05, 0) is 49.9 Å². The van der Waals surface area contributed by atoms with E-state index in [-0.39, 0.29) is 5.56 Å². The summed E-state index contributed by atoms with van der Waals surface area (Å²) in [6, 6.07) is 9.28. The fraction of sp³-hybridized carbons (Fsp3) is 0.333. The molecule has 0 aliphatic carbocycles. The molecule has 5 heterocycles. The van der Waals surface area contributed by atoms with Crippen LogP contribution in [0.25, 0.3) is 16.9 Å². The van der Waals surface area contributed by atoms with Gasteiger partial charge in [-0.25, -0.2) is 4.98 Å². The van der Waals surface area contributed by atoms with Gasteiger partial charge in [0.05, 0.1) is 12.0 Å². The summed E-state index contributed by atoms with van der Waals surface area (Å²) in [5.74, 6) is 2.15. The number of fused-ring (bicyclic) bond motifs is 1. The van der Waals surface area contributed by atoms with Gasteiger partial charge >= 0.3 is 0 Å². The van der Waals surface area contributed by atoms with Crippen molar-refractivity contribution in [1.29, 1.82) is 0 Å². The fourth-order valence-electron chi connectivity index (χ4n) is 3.91. The van der Waals surface area contributed by atoms with Crippen LogP contribution in [0.2, 0.25) is 0 Å². The lowest BCUT2D eigenvalue weighted by Gasteiger charge is -2.32. The maximum atomic E-state index is 12.6. The molecule has 1 fully saturated rings. The Morgan fingerprint density at radius 1 is 1.13 bits per heavy atom. The summed E-state index contributed by atoms with van der Waals surface area (Å²) >= 11 is 0. The molecule has 0 unspecified atom stereocenters. The number of pyridine rings is 1. The molecule has 30 heavy (non-hydrogen) atoms. The largest absolute Gasteiger partial charge is 0.355 e. The van der Waals surface area contributed by atoms with Crippen molar-refractivity contribution < 1.29 is 0 Å². The minimum atomic E-state index is -0.0264. The third-order valence-corrected chi connectivity index (χ3v) is 5.63. The summed E-state index contributed by atoms with van der Waals surface area (Å²) in [5.41, 5.74) is 2.24. The van der Waals surface area contributed by atoms with Gasteiger partial charge in [-0.1, -0.05) is 0 Å². The Bertz CT molecular complexity index is 1220. The van der Waals surface area contributed by atoms with Gasteiger partial charge in [0, 0.05) is 43.7 Å². The third-order valence-electron chi connectivity index (χ3n) is 5.63. The average molecular weight is 402 g/mol. The number of aryl methyl sites for hydroxylation is 1. The SMILES string of the molecule is Cc1nnc2ccc(N3CCC(Cn4cnc(-c5cccnc5)cc4=O)CC3)nn12. The zero-order chi connectivity index (χ0) is 20.5.